The lowest BCUT2D eigenvalue weighted by Crippen LogP contribution is -2.25. The molecule has 2 aromatic rings. The molecule has 18 heavy (non-hydrogen) atoms. The zero-order valence-corrected chi connectivity index (χ0v) is 10.6. The molecule has 96 valence electrons. The minimum Gasteiger partial charge on any atom is -0.449 e. The van der Waals surface area contributed by atoms with Crippen LogP contribution in [-0.2, 0) is 11.3 Å². The van der Waals surface area contributed by atoms with Crippen molar-refractivity contribution in [3.63, 3.8) is 0 Å². The number of carbonyl (C=O) groups excluding carboxylic acids is 1. The van der Waals surface area contributed by atoms with Crippen LogP contribution in [0.3, 0.4) is 0 Å². The molecule has 0 radical (unpaired) electrons. The molecule has 0 aliphatic rings. The van der Waals surface area contributed by atoms with Crippen LogP contribution in [0.2, 0.25) is 0 Å². The van der Waals surface area contributed by atoms with E-state index in [1.165, 1.54) is 0 Å². The van der Waals surface area contributed by atoms with Crippen molar-refractivity contribution in [1.82, 2.24) is 15.3 Å². The van der Waals surface area contributed by atoms with Gasteiger partial charge < -0.3 is 15.0 Å². The van der Waals surface area contributed by atoms with Gasteiger partial charge in [-0.3, -0.25) is 0 Å². The smallest absolute Gasteiger partial charge is 0.407 e. The van der Waals surface area contributed by atoms with Gasteiger partial charge in [0.25, 0.3) is 0 Å². The second-order valence-corrected chi connectivity index (χ2v) is 4.55. The van der Waals surface area contributed by atoms with Gasteiger partial charge in [0, 0.05) is 0 Å². The first-order valence-corrected chi connectivity index (χ1v) is 5.99. The molecule has 0 saturated heterocycles. The standard InChI is InChI=1S/C13H17N3O2/c1-9(2)8-18-13(17)14-7-12-15-10-5-3-4-6-11(10)16-12/h3-6,9H,7-8H2,1-2H3,(H,14,17)(H,15,16). The van der Waals surface area contributed by atoms with Crippen molar-refractivity contribution < 1.29 is 9.53 Å². The lowest BCUT2D eigenvalue weighted by molar-refractivity contribution is 0.132. The highest BCUT2D eigenvalue weighted by Crippen LogP contribution is 2.09. The number of nitrogens with one attached hydrogen (secondary N) is 2. The maximum atomic E-state index is 11.4. The zero-order valence-electron chi connectivity index (χ0n) is 10.6. The quantitative estimate of drug-likeness (QED) is 0.872. The molecule has 2 rings (SSSR count). The number of aromatic nitrogens is 2. The number of hydrogen-bond donors (Lipinski definition) is 2. The summed E-state index contributed by atoms with van der Waals surface area (Å²) in [7, 11) is 0. The molecule has 0 atom stereocenters. The highest BCUT2D eigenvalue weighted by Gasteiger charge is 2.06. The molecule has 0 spiro atoms. The summed E-state index contributed by atoms with van der Waals surface area (Å²) in [6, 6.07) is 7.74. The van der Waals surface area contributed by atoms with E-state index in [9.17, 15) is 4.79 Å². The SMILES string of the molecule is CC(C)COC(=O)NCc1nc2ccccc2[nH]1. The molecule has 2 N–H and O–H groups in total. The van der Waals surface area contributed by atoms with Crippen LogP contribution in [0.1, 0.15) is 19.7 Å². The monoisotopic (exact) mass is 247 g/mol. The van der Waals surface area contributed by atoms with Gasteiger partial charge in [0.1, 0.15) is 5.82 Å². The van der Waals surface area contributed by atoms with E-state index in [-0.39, 0.29) is 0 Å². The molecule has 0 aliphatic carbocycles. The first-order chi connectivity index (χ1) is 8.65. The molecule has 5 heteroatoms. The fourth-order valence-electron chi connectivity index (χ4n) is 1.54. The Labute approximate surface area is 106 Å². The van der Waals surface area contributed by atoms with E-state index in [0.29, 0.717) is 19.1 Å². The van der Waals surface area contributed by atoms with Crippen LogP contribution in [0.5, 0.6) is 0 Å². The molecular formula is C13H17N3O2. The predicted octanol–water partition coefficient (Wildman–Crippen LogP) is 2.45. The van der Waals surface area contributed by atoms with Crippen LogP contribution in [0.25, 0.3) is 11.0 Å². The number of imidazole rings is 1. The highest BCUT2D eigenvalue weighted by molar-refractivity contribution is 5.74. The molecule has 1 aromatic carbocycles. The van der Waals surface area contributed by atoms with E-state index in [0.717, 1.165) is 16.9 Å². The van der Waals surface area contributed by atoms with Gasteiger partial charge in [-0.1, -0.05) is 26.0 Å². The largest absolute Gasteiger partial charge is 0.449 e. The topological polar surface area (TPSA) is 67.0 Å². The lowest BCUT2D eigenvalue weighted by Gasteiger charge is -2.07. The minimum absolute atomic E-state index is 0.335. The number of alkyl carbamates (subject to hydrolysis) is 1. The molecule has 0 unspecified atom stereocenters. The fraction of sp³-hybridized carbons (Fsp3) is 0.385. The third kappa shape index (κ3) is 3.23. The number of H-pyrrole nitrogens is 1. The van der Waals surface area contributed by atoms with Crippen molar-refractivity contribution in [3.05, 3.63) is 30.1 Å². The number of hydrogen-bond acceptors (Lipinski definition) is 3. The first-order valence-electron chi connectivity index (χ1n) is 5.99. The Hall–Kier alpha value is -2.04. The van der Waals surface area contributed by atoms with Crippen LogP contribution in [0, 0.1) is 5.92 Å². The Kier molecular flexibility index (Phi) is 3.82. The zero-order chi connectivity index (χ0) is 13.0. The molecule has 1 aromatic heterocycles. The molecule has 0 fully saturated rings. The normalized spacial score (nSPS) is 10.8. The van der Waals surface area contributed by atoms with Gasteiger partial charge in [-0.05, 0) is 18.1 Å². The maximum absolute atomic E-state index is 11.4. The predicted molar refractivity (Wildman–Crippen MR) is 69.1 cm³/mol. The summed E-state index contributed by atoms with van der Waals surface area (Å²) in [6.07, 6.45) is -0.413. The Morgan fingerprint density at radius 2 is 2.22 bits per heavy atom. The van der Waals surface area contributed by atoms with Crippen molar-refractivity contribution in [2.24, 2.45) is 5.92 Å². The van der Waals surface area contributed by atoms with Crippen LogP contribution in [0.15, 0.2) is 24.3 Å². The number of ether oxygens (including phenoxy) is 1. The van der Waals surface area contributed by atoms with Crippen LogP contribution < -0.4 is 5.32 Å². The van der Waals surface area contributed by atoms with Gasteiger partial charge in [-0.15, -0.1) is 0 Å². The summed E-state index contributed by atoms with van der Waals surface area (Å²) < 4.78 is 5.01. The summed E-state index contributed by atoms with van der Waals surface area (Å²) in [5.74, 6) is 1.06. The van der Waals surface area contributed by atoms with Crippen LogP contribution >= 0.6 is 0 Å². The van der Waals surface area contributed by atoms with E-state index in [4.69, 9.17) is 4.74 Å². The van der Waals surface area contributed by atoms with E-state index < -0.39 is 6.09 Å². The summed E-state index contributed by atoms with van der Waals surface area (Å²) in [5, 5.41) is 2.66. The van der Waals surface area contributed by atoms with Crippen molar-refractivity contribution in [2.75, 3.05) is 6.61 Å². The van der Waals surface area contributed by atoms with Gasteiger partial charge in [0.05, 0.1) is 24.2 Å². The first kappa shape index (κ1) is 12.4. The van der Waals surface area contributed by atoms with Gasteiger partial charge in [0.2, 0.25) is 0 Å². The Balaban J connectivity index is 1.88. The molecule has 0 saturated carbocycles. The van der Waals surface area contributed by atoms with Crippen LogP contribution in [-0.4, -0.2) is 22.7 Å². The van der Waals surface area contributed by atoms with Crippen molar-refractivity contribution in [1.29, 1.82) is 0 Å². The van der Waals surface area contributed by atoms with Crippen molar-refractivity contribution in [2.45, 2.75) is 20.4 Å². The Morgan fingerprint density at radius 1 is 1.44 bits per heavy atom. The number of rotatable bonds is 4. The number of aromatic amines is 1. The summed E-state index contributed by atoms with van der Waals surface area (Å²) in [4.78, 5) is 18.8. The number of benzene rings is 1. The average Bonchev–Trinajstić information content (AvgIpc) is 2.76. The Morgan fingerprint density at radius 3 is 2.94 bits per heavy atom. The summed E-state index contributed by atoms with van der Waals surface area (Å²) >= 11 is 0. The maximum Gasteiger partial charge on any atom is 0.407 e. The van der Waals surface area contributed by atoms with E-state index in [1.54, 1.807) is 0 Å². The second-order valence-electron chi connectivity index (χ2n) is 4.55. The highest BCUT2D eigenvalue weighted by atomic mass is 16.5. The lowest BCUT2D eigenvalue weighted by atomic mass is 10.2. The van der Waals surface area contributed by atoms with Gasteiger partial charge >= 0.3 is 6.09 Å². The van der Waals surface area contributed by atoms with E-state index in [2.05, 4.69) is 15.3 Å². The van der Waals surface area contributed by atoms with Crippen LogP contribution in [0.4, 0.5) is 4.79 Å². The molecule has 0 bridgehead atoms. The number of fused-ring (bicyclic) bond motifs is 1. The molecule has 1 heterocycles. The molecule has 5 nitrogen and oxygen atoms in total. The fourth-order valence-corrected chi connectivity index (χ4v) is 1.54. The van der Waals surface area contributed by atoms with E-state index in [1.807, 2.05) is 38.1 Å². The third-order valence-corrected chi connectivity index (χ3v) is 2.39. The molecular weight excluding hydrogens is 230 g/mol. The Bertz CT molecular complexity index is 501. The number of nitrogens with zero attached hydrogens (tertiary/aromatic N) is 1. The van der Waals surface area contributed by atoms with E-state index >= 15 is 0 Å². The second kappa shape index (κ2) is 5.53. The minimum atomic E-state index is -0.413. The van der Waals surface area contributed by atoms with Gasteiger partial charge in [0.15, 0.2) is 0 Å². The molecule has 1 amide bonds. The summed E-state index contributed by atoms with van der Waals surface area (Å²) in [5.41, 5.74) is 1.86. The molecule has 0 aliphatic heterocycles. The van der Waals surface area contributed by atoms with Gasteiger partial charge in [-0.2, -0.15) is 0 Å². The van der Waals surface area contributed by atoms with Crippen molar-refractivity contribution in [3.8, 4) is 0 Å². The average molecular weight is 247 g/mol. The number of para-hydroxylation sites is 2. The van der Waals surface area contributed by atoms with Gasteiger partial charge in [-0.25, -0.2) is 9.78 Å². The number of amides is 1. The number of carbonyl (C=O) groups is 1. The third-order valence-electron chi connectivity index (χ3n) is 2.39. The van der Waals surface area contributed by atoms with Crippen molar-refractivity contribution >= 4 is 17.1 Å². The summed E-state index contributed by atoms with van der Waals surface area (Å²) in [6.45, 7) is 4.75.